The van der Waals surface area contributed by atoms with Crippen LogP contribution >= 0.6 is 23.2 Å². The van der Waals surface area contributed by atoms with Crippen LogP contribution in [0.5, 0.6) is 11.5 Å². The number of hydrazone groups is 1. The summed E-state index contributed by atoms with van der Waals surface area (Å²) in [6.07, 6.45) is 1.51. The minimum absolute atomic E-state index is 0.167. The van der Waals surface area contributed by atoms with E-state index < -0.39 is 11.8 Å². The first-order valence-corrected chi connectivity index (χ1v) is 14.1. The molecular weight excluding hydrogens is 559 g/mol. The Bertz CT molecular complexity index is 1640. The molecule has 0 spiro atoms. The fraction of sp³-hybridized carbons (Fsp3) is 0.182. The van der Waals surface area contributed by atoms with Gasteiger partial charge in [-0.15, -0.1) is 0 Å². The Hall–Kier alpha value is -4.13. The highest BCUT2D eigenvalue weighted by atomic mass is 35.5. The Balaban J connectivity index is 1.15. The van der Waals surface area contributed by atoms with Crippen LogP contribution in [0.3, 0.4) is 0 Å². The topological polar surface area (TPSA) is 68.2 Å². The molecule has 1 saturated heterocycles. The molecule has 4 aromatic rings. The van der Waals surface area contributed by atoms with Crippen LogP contribution < -0.4 is 9.47 Å². The lowest BCUT2D eigenvalue weighted by atomic mass is 9.55. The van der Waals surface area contributed by atoms with Gasteiger partial charge in [0.1, 0.15) is 6.61 Å². The number of imide groups is 1. The maximum atomic E-state index is 13.8. The van der Waals surface area contributed by atoms with Gasteiger partial charge in [-0.2, -0.15) is 10.1 Å². The summed E-state index contributed by atoms with van der Waals surface area (Å²) in [5.41, 5.74) is 5.96. The zero-order valence-corrected chi connectivity index (χ0v) is 23.5. The van der Waals surface area contributed by atoms with Crippen molar-refractivity contribution in [2.24, 2.45) is 16.9 Å². The molecule has 204 valence electrons. The van der Waals surface area contributed by atoms with Crippen molar-refractivity contribution in [3.05, 3.63) is 128 Å². The van der Waals surface area contributed by atoms with Crippen LogP contribution in [-0.4, -0.2) is 30.1 Å². The van der Waals surface area contributed by atoms with Gasteiger partial charge in [0.2, 0.25) is 0 Å². The number of carbonyl (C=O) groups is 2. The maximum absolute atomic E-state index is 13.8. The minimum Gasteiger partial charge on any atom is -0.493 e. The molecule has 41 heavy (non-hydrogen) atoms. The van der Waals surface area contributed by atoms with Crippen molar-refractivity contribution in [1.29, 1.82) is 0 Å². The summed E-state index contributed by atoms with van der Waals surface area (Å²) in [6.45, 7) is 0.229. The third-order valence-electron chi connectivity index (χ3n) is 8.33. The van der Waals surface area contributed by atoms with E-state index in [4.69, 9.17) is 32.7 Å². The number of methoxy groups -OCH3 is 1. The average Bonchev–Trinajstić information content (AvgIpc) is 3.25. The van der Waals surface area contributed by atoms with Gasteiger partial charge < -0.3 is 9.47 Å². The molecule has 8 rings (SSSR count). The molecule has 0 unspecified atom stereocenters. The molecule has 1 fully saturated rings. The smallest absolute Gasteiger partial charge is 0.254 e. The predicted octanol–water partition coefficient (Wildman–Crippen LogP) is 6.81. The molecule has 2 atom stereocenters. The lowest BCUT2D eigenvalue weighted by Crippen LogP contribution is -2.41. The number of nitrogens with zero attached hydrogens (tertiary/aromatic N) is 2. The second kappa shape index (κ2) is 10.1. The quantitative estimate of drug-likeness (QED) is 0.185. The molecule has 0 N–H and O–H groups in total. The van der Waals surface area contributed by atoms with Crippen molar-refractivity contribution in [2.75, 3.05) is 7.11 Å². The predicted molar refractivity (Wildman–Crippen MR) is 157 cm³/mol. The Labute approximate surface area is 247 Å². The summed E-state index contributed by atoms with van der Waals surface area (Å²) in [7, 11) is 1.54. The Morgan fingerprint density at radius 1 is 0.780 bits per heavy atom. The molecule has 1 heterocycles. The molecule has 1 aliphatic heterocycles. The van der Waals surface area contributed by atoms with Crippen LogP contribution in [0.25, 0.3) is 0 Å². The summed E-state index contributed by atoms with van der Waals surface area (Å²) in [6, 6.07) is 26.8. The van der Waals surface area contributed by atoms with Crippen molar-refractivity contribution in [2.45, 2.75) is 18.4 Å². The molecule has 4 aromatic carbocycles. The molecule has 0 saturated carbocycles. The van der Waals surface area contributed by atoms with Gasteiger partial charge in [-0.05, 0) is 58.1 Å². The summed E-state index contributed by atoms with van der Waals surface area (Å²) < 4.78 is 11.5. The maximum Gasteiger partial charge on any atom is 0.254 e. The Morgan fingerprint density at radius 3 is 1.90 bits per heavy atom. The lowest BCUT2D eigenvalue weighted by Gasteiger charge is -2.45. The van der Waals surface area contributed by atoms with Gasteiger partial charge in [-0.1, -0.05) is 77.8 Å². The Morgan fingerprint density at radius 2 is 1.37 bits per heavy atom. The van der Waals surface area contributed by atoms with Crippen LogP contribution in [-0.2, 0) is 16.2 Å². The zero-order valence-electron chi connectivity index (χ0n) is 22.0. The Kier molecular flexibility index (Phi) is 6.33. The van der Waals surface area contributed by atoms with Gasteiger partial charge in [0, 0.05) is 27.4 Å². The minimum atomic E-state index is -0.473. The summed E-state index contributed by atoms with van der Waals surface area (Å²) in [5, 5.41) is 6.53. The van der Waals surface area contributed by atoms with Crippen LogP contribution in [0.1, 0.15) is 45.2 Å². The second-order valence-electron chi connectivity index (χ2n) is 10.4. The normalized spacial score (nSPS) is 22.1. The standard InChI is InChI=1S/C33H24Cl2N2O4/c1-40-27-14-18(10-13-26(27)41-17-19-11-12-20(34)15-25(19)35)16-36-37-32(38)30-28-21-6-2-3-7-22(21)29(31(30)33(37)39)24-9-5-4-8-23(24)28/h2-16,28-31H,17H2,1H3/b36-16-/t28?,29?,30-,31-/m1/s1. The van der Waals surface area contributed by atoms with Crippen molar-refractivity contribution >= 4 is 41.2 Å². The third-order valence-corrected chi connectivity index (χ3v) is 8.92. The number of ether oxygens (including phenoxy) is 2. The van der Waals surface area contributed by atoms with Crippen LogP contribution in [0.4, 0.5) is 0 Å². The van der Waals surface area contributed by atoms with Crippen LogP contribution in [0, 0.1) is 11.8 Å². The number of hydrogen-bond acceptors (Lipinski definition) is 5. The van der Waals surface area contributed by atoms with Gasteiger partial charge in [-0.25, -0.2) is 0 Å². The van der Waals surface area contributed by atoms with Crippen molar-refractivity contribution < 1.29 is 19.1 Å². The molecule has 6 nitrogen and oxygen atoms in total. The van der Waals surface area contributed by atoms with Gasteiger partial charge in [0.25, 0.3) is 11.8 Å². The van der Waals surface area contributed by atoms with E-state index in [9.17, 15) is 9.59 Å². The van der Waals surface area contributed by atoms with E-state index >= 15 is 0 Å². The molecule has 2 amide bonds. The second-order valence-corrected chi connectivity index (χ2v) is 11.3. The van der Waals surface area contributed by atoms with E-state index in [1.807, 2.05) is 30.3 Å². The highest BCUT2D eigenvalue weighted by Crippen LogP contribution is 2.61. The molecule has 8 heteroatoms. The van der Waals surface area contributed by atoms with Gasteiger partial charge in [0.15, 0.2) is 11.5 Å². The highest BCUT2D eigenvalue weighted by Gasteiger charge is 2.61. The van der Waals surface area contributed by atoms with Crippen LogP contribution in [0.15, 0.2) is 90.0 Å². The molecule has 0 radical (unpaired) electrons. The molecule has 2 bridgehead atoms. The van der Waals surface area contributed by atoms with Crippen molar-refractivity contribution in [1.82, 2.24) is 5.01 Å². The fourth-order valence-electron chi connectivity index (χ4n) is 6.58. The monoisotopic (exact) mass is 582 g/mol. The number of benzene rings is 4. The number of halogens is 2. The summed E-state index contributed by atoms with van der Waals surface area (Å²) in [5.74, 6) is -0.805. The van der Waals surface area contributed by atoms with E-state index in [1.165, 1.54) is 6.21 Å². The first kappa shape index (κ1) is 25.8. The first-order valence-electron chi connectivity index (χ1n) is 13.3. The lowest BCUT2D eigenvalue weighted by molar-refractivity contribution is -0.139. The van der Waals surface area contributed by atoms with E-state index in [-0.39, 0.29) is 30.3 Å². The van der Waals surface area contributed by atoms with Crippen LogP contribution in [0.2, 0.25) is 10.0 Å². The number of carbonyl (C=O) groups excluding carboxylic acids is 2. The van der Waals surface area contributed by atoms with E-state index in [1.54, 1.807) is 37.4 Å². The van der Waals surface area contributed by atoms with E-state index in [0.717, 1.165) is 32.8 Å². The molecule has 0 aromatic heterocycles. The van der Waals surface area contributed by atoms with Crippen molar-refractivity contribution in [3.8, 4) is 11.5 Å². The SMILES string of the molecule is COc1cc(/C=N\N2C(=O)[C@@H]3C4c5ccccc5C(c5ccccc54)[C@H]3C2=O)ccc1OCc1ccc(Cl)cc1Cl. The fourth-order valence-corrected chi connectivity index (χ4v) is 7.04. The van der Waals surface area contributed by atoms with Gasteiger partial charge >= 0.3 is 0 Å². The van der Waals surface area contributed by atoms with Crippen molar-refractivity contribution in [3.63, 3.8) is 0 Å². The number of rotatable bonds is 6. The largest absolute Gasteiger partial charge is 0.493 e. The van der Waals surface area contributed by atoms with E-state index in [0.29, 0.717) is 27.1 Å². The first-order chi connectivity index (χ1) is 20.0. The van der Waals surface area contributed by atoms with Gasteiger partial charge in [0.05, 0.1) is 25.2 Å². The summed E-state index contributed by atoms with van der Waals surface area (Å²) in [4.78, 5) is 27.5. The average molecular weight is 583 g/mol. The van der Waals surface area contributed by atoms with E-state index in [2.05, 4.69) is 29.4 Å². The third kappa shape index (κ3) is 4.13. The number of hydrogen-bond donors (Lipinski definition) is 0. The molecular formula is C33H24Cl2N2O4. The highest BCUT2D eigenvalue weighted by molar-refractivity contribution is 6.35. The zero-order chi connectivity index (χ0) is 28.2. The summed E-state index contributed by atoms with van der Waals surface area (Å²) >= 11 is 12.3. The molecule has 3 aliphatic carbocycles. The molecule has 4 aliphatic rings. The number of amides is 2. The van der Waals surface area contributed by atoms with Gasteiger partial charge in [-0.3, -0.25) is 9.59 Å².